The van der Waals surface area contributed by atoms with Crippen molar-refractivity contribution < 1.29 is 14.3 Å². The van der Waals surface area contributed by atoms with Crippen molar-refractivity contribution in [3.05, 3.63) is 29.8 Å². The number of piperazine rings is 1. The molecule has 0 saturated carbocycles. The predicted octanol–water partition coefficient (Wildman–Crippen LogP) is 1.55. The van der Waals surface area contributed by atoms with Gasteiger partial charge in [-0.25, -0.2) is 0 Å². The third-order valence-electron chi connectivity index (χ3n) is 4.48. The van der Waals surface area contributed by atoms with Crippen LogP contribution in [0.5, 0.6) is 5.75 Å². The van der Waals surface area contributed by atoms with E-state index < -0.39 is 0 Å². The first-order chi connectivity index (χ1) is 12.0. The van der Waals surface area contributed by atoms with Crippen molar-refractivity contribution in [2.24, 2.45) is 5.92 Å². The van der Waals surface area contributed by atoms with Gasteiger partial charge in [-0.05, 0) is 24.9 Å². The van der Waals surface area contributed by atoms with E-state index in [2.05, 4.69) is 29.4 Å². The van der Waals surface area contributed by atoms with Crippen molar-refractivity contribution in [1.82, 2.24) is 15.5 Å². The molecule has 2 rings (SSSR count). The lowest BCUT2D eigenvalue weighted by atomic mass is 10.1. The maximum Gasteiger partial charge on any atom is 0.237 e. The second kappa shape index (κ2) is 9.42. The molecule has 138 valence electrons. The van der Waals surface area contributed by atoms with Gasteiger partial charge in [-0.1, -0.05) is 32.0 Å². The van der Waals surface area contributed by atoms with E-state index in [1.807, 2.05) is 24.3 Å². The molecule has 0 aromatic heterocycles. The summed E-state index contributed by atoms with van der Waals surface area (Å²) in [4.78, 5) is 26.7. The van der Waals surface area contributed by atoms with Crippen LogP contribution in [0.15, 0.2) is 24.3 Å². The Bertz CT molecular complexity index is 589. The van der Waals surface area contributed by atoms with E-state index in [1.165, 1.54) is 0 Å². The molecule has 1 saturated heterocycles. The Hall–Kier alpha value is -2.08. The third kappa shape index (κ3) is 5.74. The molecule has 1 heterocycles. The summed E-state index contributed by atoms with van der Waals surface area (Å²) in [6, 6.07) is 7.20. The summed E-state index contributed by atoms with van der Waals surface area (Å²) in [5.74, 6) is 1.15. The number of carbonyl (C=O) groups excluding carboxylic acids is 2. The zero-order chi connectivity index (χ0) is 18.2. The van der Waals surface area contributed by atoms with Crippen LogP contribution >= 0.6 is 0 Å². The molecule has 1 aromatic carbocycles. The van der Waals surface area contributed by atoms with Gasteiger partial charge in [0.2, 0.25) is 11.8 Å². The molecular weight excluding hydrogens is 318 g/mol. The van der Waals surface area contributed by atoms with E-state index in [1.54, 1.807) is 7.11 Å². The highest BCUT2D eigenvalue weighted by molar-refractivity contribution is 5.88. The second-order valence-electron chi connectivity index (χ2n) is 6.82. The van der Waals surface area contributed by atoms with Crippen LogP contribution in [0.3, 0.4) is 0 Å². The number of amides is 2. The minimum atomic E-state index is -0.384. The molecule has 0 bridgehead atoms. The second-order valence-corrected chi connectivity index (χ2v) is 6.82. The first-order valence-corrected chi connectivity index (χ1v) is 8.91. The van der Waals surface area contributed by atoms with Crippen molar-refractivity contribution in [2.45, 2.75) is 39.3 Å². The maximum atomic E-state index is 12.4. The molecule has 1 aromatic rings. The summed E-state index contributed by atoms with van der Waals surface area (Å²) >= 11 is 0. The average molecular weight is 347 g/mol. The summed E-state index contributed by atoms with van der Waals surface area (Å²) in [5, 5.41) is 5.77. The molecule has 1 atom stereocenters. The lowest BCUT2D eigenvalue weighted by molar-refractivity contribution is -0.134. The molecule has 0 spiro atoms. The molecule has 1 unspecified atom stereocenters. The van der Waals surface area contributed by atoms with E-state index in [0.29, 0.717) is 19.0 Å². The molecule has 1 fully saturated rings. The fraction of sp³-hybridized carbons (Fsp3) is 0.579. The number of nitrogens with one attached hydrogen (secondary N) is 2. The van der Waals surface area contributed by atoms with E-state index in [9.17, 15) is 9.59 Å². The first kappa shape index (κ1) is 19.2. The fourth-order valence-corrected chi connectivity index (χ4v) is 2.97. The lowest BCUT2D eigenvalue weighted by Gasteiger charge is -2.35. The summed E-state index contributed by atoms with van der Waals surface area (Å²) in [7, 11) is 1.61. The van der Waals surface area contributed by atoms with Crippen LogP contribution in [0.2, 0.25) is 0 Å². The highest BCUT2D eigenvalue weighted by atomic mass is 16.5. The highest BCUT2D eigenvalue weighted by Gasteiger charge is 2.31. The van der Waals surface area contributed by atoms with Crippen molar-refractivity contribution in [2.75, 3.05) is 26.7 Å². The van der Waals surface area contributed by atoms with Gasteiger partial charge in [0.05, 0.1) is 19.6 Å². The van der Waals surface area contributed by atoms with Gasteiger partial charge in [0.15, 0.2) is 0 Å². The average Bonchev–Trinajstić information content (AvgIpc) is 2.60. The lowest BCUT2D eigenvalue weighted by Crippen LogP contribution is -2.56. The van der Waals surface area contributed by atoms with Gasteiger partial charge in [0.25, 0.3) is 0 Å². The Morgan fingerprint density at radius 3 is 2.88 bits per heavy atom. The molecule has 25 heavy (non-hydrogen) atoms. The van der Waals surface area contributed by atoms with Crippen LogP contribution < -0.4 is 15.4 Å². The van der Waals surface area contributed by atoms with Crippen LogP contribution in [0, 0.1) is 5.92 Å². The molecule has 2 amide bonds. The van der Waals surface area contributed by atoms with Gasteiger partial charge in [-0.2, -0.15) is 0 Å². The number of methoxy groups -OCH3 is 1. The molecule has 2 N–H and O–H groups in total. The molecule has 0 aliphatic carbocycles. The van der Waals surface area contributed by atoms with Crippen LogP contribution in [-0.4, -0.2) is 49.5 Å². The summed E-state index contributed by atoms with van der Waals surface area (Å²) in [5.41, 5.74) is 0.920. The number of carbonyl (C=O) groups is 2. The third-order valence-corrected chi connectivity index (χ3v) is 4.48. The Morgan fingerprint density at radius 1 is 1.40 bits per heavy atom. The van der Waals surface area contributed by atoms with Gasteiger partial charge in [-0.15, -0.1) is 0 Å². The topological polar surface area (TPSA) is 70.7 Å². The Morgan fingerprint density at radius 2 is 2.16 bits per heavy atom. The summed E-state index contributed by atoms with van der Waals surface area (Å²) in [6.45, 7) is 7.01. The molecule has 0 radical (unpaired) electrons. The van der Waals surface area contributed by atoms with Crippen molar-refractivity contribution >= 4 is 11.8 Å². The molecule has 1 aliphatic rings. The zero-order valence-corrected chi connectivity index (χ0v) is 15.4. The van der Waals surface area contributed by atoms with Crippen molar-refractivity contribution in [3.63, 3.8) is 0 Å². The van der Waals surface area contributed by atoms with Crippen LogP contribution in [0.4, 0.5) is 0 Å². The number of hydrogen-bond acceptors (Lipinski definition) is 4. The van der Waals surface area contributed by atoms with Crippen LogP contribution in [-0.2, 0) is 16.1 Å². The quantitative estimate of drug-likeness (QED) is 0.748. The largest absolute Gasteiger partial charge is 0.496 e. The normalized spacial score (nSPS) is 18.1. The number of para-hydroxylation sites is 1. The molecule has 6 nitrogen and oxygen atoms in total. The summed E-state index contributed by atoms with van der Waals surface area (Å²) < 4.78 is 5.29. The van der Waals surface area contributed by atoms with Crippen molar-refractivity contribution in [1.29, 1.82) is 0 Å². The van der Waals surface area contributed by atoms with Crippen LogP contribution in [0.1, 0.15) is 32.3 Å². The molecular formula is C19H29N3O3. The van der Waals surface area contributed by atoms with Gasteiger partial charge in [0, 0.05) is 25.2 Å². The standard InChI is InChI=1S/C19H29N3O3/c1-14(2)8-10-22-11-9-20-19(24)16(22)12-18(23)21-13-15-6-4-5-7-17(15)25-3/h4-7,14,16H,8-13H2,1-3H3,(H,20,24)(H,21,23). The van der Waals surface area contributed by atoms with Crippen LogP contribution in [0.25, 0.3) is 0 Å². The van der Waals surface area contributed by atoms with Crippen molar-refractivity contribution in [3.8, 4) is 5.75 Å². The smallest absolute Gasteiger partial charge is 0.237 e. The van der Waals surface area contributed by atoms with Gasteiger partial charge >= 0.3 is 0 Å². The Balaban J connectivity index is 1.91. The molecule has 6 heteroatoms. The highest BCUT2D eigenvalue weighted by Crippen LogP contribution is 2.17. The zero-order valence-electron chi connectivity index (χ0n) is 15.4. The Kier molecular flexibility index (Phi) is 7.25. The fourth-order valence-electron chi connectivity index (χ4n) is 2.97. The minimum Gasteiger partial charge on any atom is -0.496 e. The first-order valence-electron chi connectivity index (χ1n) is 8.91. The van der Waals surface area contributed by atoms with E-state index in [-0.39, 0.29) is 24.3 Å². The van der Waals surface area contributed by atoms with Gasteiger partial charge in [0.1, 0.15) is 5.75 Å². The summed E-state index contributed by atoms with van der Waals surface area (Å²) in [6.07, 6.45) is 1.20. The predicted molar refractivity (Wildman–Crippen MR) is 97.3 cm³/mol. The van der Waals surface area contributed by atoms with E-state index in [0.717, 1.165) is 30.8 Å². The number of nitrogens with zero attached hydrogens (tertiary/aromatic N) is 1. The number of benzene rings is 1. The Labute approximate surface area is 149 Å². The SMILES string of the molecule is COc1ccccc1CNC(=O)CC1C(=O)NCCN1CCC(C)C. The minimum absolute atomic E-state index is 0.0533. The number of rotatable bonds is 8. The molecule has 1 aliphatic heterocycles. The van der Waals surface area contributed by atoms with E-state index in [4.69, 9.17) is 4.74 Å². The monoisotopic (exact) mass is 347 g/mol. The van der Waals surface area contributed by atoms with Gasteiger partial charge in [-0.3, -0.25) is 14.5 Å². The maximum absolute atomic E-state index is 12.4. The van der Waals surface area contributed by atoms with E-state index >= 15 is 0 Å². The number of hydrogen-bond donors (Lipinski definition) is 2. The van der Waals surface area contributed by atoms with Gasteiger partial charge < -0.3 is 15.4 Å². The number of ether oxygens (including phenoxy) is 1.